The molecule has 0 spiro atoms. The largest absolute Gasteiger partial charge is 0.354 e. The van der Waals surface area contributed by atoms with Crippen LogP contribution in [0.4, 0.5) is 11.4 Å². The summed E-state index contributed by atoms with van der Waals surface area (Å²) in [7, 11) is 0. The topological polar surface area (TPSA) is 40.8 Å². The normalized spacial score (nSPS) is 10.9. The highest BCUT2D eigenvalue weighted by molar-refractivity contribution is 6.30. The van der Waals surface area contributed by atoms with Gasteiger partial charge in [0.15, 0.2) is 0 Å². The summed E-state index contributed by atoms with van der Waals surface area (Å²) in [4.78, 5) is 0. The van der Waals surface area contributed by atoms with Gasteiger partial charge in [-0.2, -0.15) is 5.26 Å². The Hall–Kier alpha value is -3.74. The SMILES string of the molecule is N#Cc1ccc(-n2c3ccccc3c3ccccc32)cc1Nc1cccc(Cl)c1. The standard InChI is InChI=1S/C25H16ClN3/c26-18-6-5-7-19(14-18)28-23-15-20(13-12-17(23)16-27)29-24-10-3-1-8-21(24)22-9-2-4-11-25(22)29/h1-15,28H. The first kappa shape index (κ1) is 17.4. The third-order valence-electron chi connectivity index (χ3n) is 5.07. The molecule has 1 aromatic heterocycles. The van der Waals surface area contributed by atoms with Gasteiger partial charge in [0.2, 0.25) is 0 Å². The molecule has 1 N–H and O–H groups in total. The summed E-state index contributed by atoms with van der Waals surface area (Å²) in [6, 6.07) is 32.4. The Balaban J connectivity index is 1.72. The number of anilines is 2. The van der Waals surface area contributed by atoms with E-state index in [0.717, 1.165) is 28.1 Å². The molecule has 0 amide bonds. The Labute approximate surface area is 173 Å². The maximum atomic E-state index is 9.59. The summed E-state index contributed by atoms with van der Waals surface area (Å²) in [5.74, 6) is 0. The van der Waals surface area contributed by atoms with Crippen molar-refractivity contribution < 1.29 is 0 Å². The Kier molecular flexibility index (Phi) is 4.20. The molecule has 4 aromatic carbocycles. The van der Waals surface area contributed by atoms with Crippen molar-refractivity contribution in [2.24, 2.45) is 0 Å². The molecule has 5 aromatic rings. The number of aromatic nitrogens is 1. The fourth-order valence-corrected chi connectivity index (χ4v) is 3.98. The van der Waals surface area contributed by atoms with Crippen molar-refractivity contribution in [2.45, 2.75) is 0 Å². The summed E-state index contributed by atoms with van der Waals surface area (Å²) in [6.45, 7) is 0. The minimum absolute atomic E-state index is 0.578. The molecule has 3 nitrogen and oxygen atoms in total. The molecule has 138 valence electrons. The molecule has 5 rings (SSSR count). The highest BCUT2D eigenvalue weighted by Crippen LogP contribution is 2.33. The molecule has 0 radical (unpaired) electrons. The lowest BCUT2D eigenvalue weighted by molar-refractivity contribution is 1.18. The molecule has 0 atom stereocenters. The van der Waals surface area contributed by atoms with Gasteiger partial charge in [0.1, 0.15) is 6.07 Å². The molecule has 29 heavy (non-hydrogen) atoms. The number of hydrogen-bond donors (Lipinski definition) is 1. The van der Waals surface area contributed by atoms with Crippen LogP contribution in [0.3, 0.4) is 0 Å². The number of para-hydroxylation sites is 2. The molecular formula is C25H16ClN3. The quantitative estimate of drug-likeness (QED) is 0.356. The van der Waals surface area contributed by atoms with Crippen molar-refractivity contribution in [3.8, 4) is 11.8 Å². The maximum absolute atomic E-state index is 9.59. The Morgan fingerprint density at radius 2 is 1.45 bits per heavy atom. The monoisotopic (exact) mass is 393 g/mol. The van der Waals surface area contributed by atoms with E-state index < -0.39 is 0 Å². The smallest absolute Gasteiger partial charge is 0.101 e. The molecule has 0 aliphatic rings. The van der Waals surface area contributed by atoms with Gasteiger partial charge < -0.3 is 9.88 Å². The van der Waals surface area contributed by atoms with E-state index in [2.05, 4.69) is 52.4 Å². The molecule has 4 heteroatoms. The summed E-state index contributed by atoms with van der Waals surface area (Å²) in [5, 5.41) is 16.0. The van der Waals surface area contributed by atoms with Crippen molar-refractivity contribution in [2.75, 3.05) is 5.32 Å². The lowest BCUT2D eigenvalue weighted by Crippen LogP contribution is -1.98. The second kappa shape index (κ2) is 7.01. The minimum Gasteiger partial charge on any atom is -0.354 e. The van der Waals surface area contributed by atoms with Gasteiger partial charge in [-0.15, -0.1) is 0 Å². The maximum Gasteiger partial charge on any atom is 0.101 e. The summed E-state index contributed by atoms with van der Waals surface area (Å²) in [6.07, 6.45) is 0. The van der Waals surface area contributed by atoms with Crippen LogP contribution in [0.2, 0.25) is 5.02 Å². The van der Waals surface area contributed by atoms with Crippen molar-refractivity contribution in [1.29, 1.82) is 5.26 Å². The average Bonchev–Trinajstić information content (AvgIpc) is 3.08. The van der Waals surface area contributed by atoms with Gasteiger partial charge in [-0.05, 0) is 48.5 Å². The van der Waals surface area contributed by atoms with E-state index >= 15 is 0 Å². The predicted molar refractivity (Wildman–Crippen MR) is 120 cm³/mol. The lowest BCUT2D eigenvalue weighted by Gasteiger charge is -2.13. The number of nitrogens with zero attached hydrogens (tertiary/aromatic N) is 2. The molecule has 0 aliphatic heterocycles. The van der Waals surface area contributed by atoms with Crippen LogP contribution in [-0.4, -0.2) is 4.57 Å². The van der Waals surface area contributed by atoms with E-state index in [-0.39, 0.29) is 0 Å². The van der Waals surface area contributed by atoms with Crippen LogP contribution in [0.5, 0.6) is 0 Å². The van der Waals surface area contributed by atoms with Crippen LogP contribution in [0.15, 0.2) is 91.0 Å². The summed E-state index contributed by atoms with van der Waals surface area (Å²) >= 11 is 6.12. The second-order valence-corrected chi connectivity index (χ2v) is 7.28. The van der Waals surface area contributed by atoms with E-state index in [4.69, 9.17) is 11.6 Å². The van der Waals surface area contributed by atoms with Crippen LogP contribution in [-0.2, 0) is 0 Å². The molecule has 0 aliphatic carbocycles. The van der Waals surface area contributed by atoms with Gasteiger partial charge >= 0.3 is 0 Å². The number of benzene rings is 4. The van der Waals surface area contributed by atoms with Crippen LogP contribution in [0.1, 0.15) is 5.56 Å². The molecular weight excluding hydrogens is 378 g/mol. The second-order valence-electron chi connectivity index (χ2n) is 6.85. The highest BCUT2D eigenvalue weighted by atomic mass is 35.5. The van der Waals surface area contributed by atoms with Crippen LogP contribution in [0, 0.1) is 11.3 Å². The number of fused-ring (bicyclic) bond motifs is 3. The Bertz CT molecular complexity index is 1360. The summed E-state index contributed by atoms with van der Waals surface area (Å²) in [5.41, 5.74) is 5.42. The Morgan fingerprint density at radius 1 is 0.759 bits per heavy atom. The zero-order chi connectivity index (χ0) is 19.8. The van der Waals surface area contributed by atoms with Crippen molar-refractivity contribution in [3.05, 3.63) is 102 Å². The minimum atomic E-state index is 0.578. The van der Waals surface area contributed by atoms with Gasteiger partial charge in [-0.3, -0.25) is 0 Å². The molecule has 1 heterocycles. The van der Waals surface area contributed by atoms with Gasteiger partial charge in [0.25, 0.3) is 0 Å². The van der Waals surface area contributed by atoms with Crippen molar-refractivity contribution >= 4 is 44.8 Å². The average molecular weight is 394 g/mol. The van der Waals surface area contributed by atoms with Crippen LogP contribution >= 0.6 is 11.6 Å². The highest BCUT2D eigenvalue weighted by Gasteiger charge is 2.13. The van der Waals surface area contributed by atoms with Crippen molar-refractivity contribution in [3.63, 3.8) is 0 Å². The fraction of sp³-hybridized carbons (Fsp3) is 0. The number of rotatable bonds is 3. The zero-order valence-corrected chi connectivity index (χ0v) is 16.2. The Morgan fingerprint density at radius 3 is 2.10 bits per heavy atom. The van der Waals surface area contributed by atoms with E-state index in [9.17, 15) is 5.26 Å². The van der Waals surface area contributed by atoms with Gasteiger partial charge in [-0.1, -0.05) is 54.1 Å². The zero-order valence-electron chi connectivity index (χ0n) is 15.4. The van der Waals surface area contributed by atoms with Crippen molar-refractivity contribution in [1.82, 2.24) is 4.57 Å². The third kappa shape index (κ3) is 3.00. The van der Waals surface area contributed by atoms with Gasteiger partial charge in [0, 0.05) is 27.2 Å². The first-order chi connectivity index (χ1) is 14.2. The molecule has 0 fully saturated rings. The number of halogens is 1. The van der Waals surface area contributed by atoms with E-state index in [1.807, 2.05) is 54.6 Å². The molecule has 0 saturated heterocycles. The number of hydrogen-bond acceptors (Lipinski definition) is 2. The molecule has 0 bridgehead atoms. The van der Waals surface area contributed by atoms with E-state index in [0.29, 0.717) is 10.6 Å². The summed E-state index contributed by atoms with van der Waals surface area (Å²) < 4.78 is 2.23. The van der Waals surface area contributed by atoms with E-state index in [1.165, 1.54) is 10.8 Å². The van der Waals surface area contributed by atoms with Crippen LogP contribution in [0.25, 0.3) is 27.5 Å². The van der Waals surface area contributed by atoms with Gasteiger partial charge in [-0.25, -0.2) is 0 Å². The number of nitriles is 1. The first-order valence-corrected chi connectivity index (χ1v) is 9.68. The van der Waals surface area contributed by atoms with Crippen LogP contribution < -0.4 is 5.32 Å². The third-order valence-corrected chi connectivity index (χ3v) is 5.30. The van der Waals surface area contributed by atoms with E-state index in [1.54, 1.807) is 0 Å². The lowest BCUT2D eigenvalue weighted by atomic mass is 10.1. The predicted octanol–water partition coefficient (Wildman–Crippen LogP) is 7.05. The fourth-order valence-electron chi connectivity index (χ4n) is 3.79. The first-order valence-electron chi connectivity index (χ1n) is 9.30. The molecule has 0 unspecified atom stereocenters. The number of nitrogens with one attached hydrogen (secondary N) is 1. The van der Waals surface area contributed by atoms with Gasteiger partial charge in [0.05, 0.1) is 22.3 Å². The molecule has 0 saturated carbocycles.